The van der Waals surface area contributed by atoms with Gasteiger partial charge >= 0.3 is 5.97 Å². The summed E-state index contributed by atoms with van der Waals surface area (Å²) in [7, 11) is 0. The van der Waals surface area contributed by atoms with E-state index in [1.807, 2.05) is 4.90 Å². The zero-order chi connectivity index (χ0) is 25.6. The van der Waals surface area contributed by atoms with Gasteiger partial charge in [-0.05, 0) is 75.5 Å². The van der Waals surface area contributed by atoms with Crippen molar-refractivity contribution >= 4 is 11.8 Å². The lowest BCUT2D eigenvalue weighted by atomic mass is 9.96. The zero-order valence-electron chi connectivity index (χ0n) is 21.3. The highest BCUT2D eigenvalue weighted by Gasteiger charge is 2.37. The normalized spacial score (nSPS) is 22.8. The van der Waals surface area contributed by atoms with Crippen LogP contribution < -0.4 is 5.32 Å². The Labute approximate surface area is 217 Å². The Hall–Kier alpha value is -2.62. The Morgan fingerprint density at radius 1 is 1.27 bits per heavy atom. The van der Waals surface area contributed by atoms with Crippen LogP contribution in [0.15, 0.2) is 24.4 Å². The lowest BCUT2D eigenvalue weighted by Gasteiger charge is -2.29. The molecule has 5 heterocycles. The summed E-state index contributed by atoms with van der Waals surface area (Å²) >= 11 is 0. The number of hydrogen-bond donors (Lipinski definition) is 2. The van der Waals surface area contributed by atoms with Crippen molar-refractivity contribution in [1.82, 2.24) is 14.9 Å². The number of hydrogen-bond acceptors (Lipinski definition) is 7. The van der Waals surface area contributed by atoms with Gasteiger partial charge in [0, 0.05) is 44.1 Å². The molecule has 5 rings (SSSR count). The molecule has 2 aromatic heterocycles. The fourth-order valence-electron chi connectivity index (χ4n) is 5.69. The van der Waals surface area contributed by atoms with E-state index in [0.717, 1.165) is 82.0 Å². The first kappa shape index (κ1) is 26.0. The molecule has 3 aliphatic rings. The lowest BCUT2D eigenvalue weighted by Crippen LogP contribution is -2.35. The number of carboxylic acids is 1. The minimum absolute atomic E-state index is 0.0381. The van der Waals surface area contributed by atoms with Gasteiger partial charge in [-0.2, -0.15) is 0 Å². The number of aromatic nitrogens is 2. The lowest BCUT2D eigenvalue weighted by molar-refractivity contribution is -0.143. The molecule has 37 heavy (non-hydrogen) atoms. The molecule has 0 amide bonds. The number of aliphatic carboxylic acids is 1. The molecule has 0 saturated carbocycles. The second-order valence-corrected chi connectivity index (χ2v) is 10.3. The van der Waals surface area contributed by atoms with Crippen molar-refractivity contribution in [2.24, 2.45) is 0 Å². The van der Waals surface area contributed by atoms with Crippen molar-refractivity contribution in [2.75, 3.05) is 38.2 Å². The fourth-order valence-corrected chi connectivity index (χ4v) is 5.69. The summed E-state index contributed by atoms with van der Waals surface area (Å²) in [6.07, 6.45) is 9.37. The Kier molecular flexibility index (Phi) is 8.63. The third kappa shape index (κ3) is 6.45. The molecule has 2 saturated heterocycles. The summed E-state index contributed by atoms with van der Waals surface area (Å²) < 4.78 is 26.2. The molecule has 2 fully saturated rings. The van der Waals surface area contributed by atoms with E-state index in [0.29, 0.717) is 37.6 Å². The van der Waals surface area contributed by atoms with Crippen LogP contribution in [0.2, 0.25) is 0 Å². The quantitative estimate of drug-likeness (QED) is 0.451. The van der Waals surface area contributed by atoms with Gasteiger partial charge in [-0.3, -0.25) is 14.7 Å². The van der Waals surface area contributed by atoms with E-state index in [9.17, 15) is 14.3 Å². The molecular formula is C28H37FN4O4. The number of nitrogens with zero attached hydrogens (tertiary/aromatic N) is 3. The molecule has 9 heteroatoms. The van der Waals surface area contributed by atoms with E-state index in [2.05, 4.69) is 22.4 Å². The van der Waals surface area contributed by atoms with Gasteiger partial charge in [0.15, 0.2) is 0 Å². The molecule has 0 bridgehead atoms. The van der Waals surface area contributed by atoms with Gasteiger partial charge in [-0.15, -0.1) is 0 Å². The summed E-state index contributed by atoms with van der Waals surface area (Å²) in [5.74, 6) is -0.500. The number of likely N-dealkylation sites (tertiary alicyclic amines) is 1. The highest BCUT2D eigenvalue weighted by molar-refractivity contribution is 5.76. The standard InChI is InChI=1S/C28H37FN4O4/c29-20-16-23(25(31-17-20)24-8-2-4-15-37-24)26(28(34)35)33-13-11-22(18-33)36-14-3-1-7-21-10-9-19-6-5-12-30-27(19)32-21/h9-10,16-17,22,24,26H,1-8,11-15,18H2,(H,30,32)(H,34,35)/t22-,24-,26+/m1/s1. The third-order valence-electron chi connectivity index (χ3n) is 7.60. The molecule has 3 aliphatic heterocycles. The van der Waals surface area contributed by atoms with Gasteiger partial charge in [-0.1, -0.05) is 6.07 Å². The zero-order valence-corrected chi connectivity index (χ0v) is 21.3. The van der Waals surface area contributed by atoms with Crippen LogP contribution in [0.5, 0.6) is 0 Å². The molecule has 0 radical (unpaired) electrons. The van der Waals surface area contributed by atoms with Crippen molar-refractivity contribution in [2.45, 2.75) is 76.0 Å². The van der Waals surface area contributed by atoms with E-state index < -0.39 is 17.8 Å². The van der Waals surface area contributed by atoms with Crippen molar-refractivity contribution in [3.63, 3.8) is 0 Å². The number of pyridine rings is 2. The molecule has 2 N–H and O–H groups in total. The highest BCUT2D eigenvalue weighted by atomic mass is 19.1. The first-order chi connectivity index (χ1) is 18.1. The summed E-state index contributed by atoms with van der Waals surface area (Å²) in [6, 6.07) is 4.66. The van der Waals surface area contributed by atoms with Crippen LogP contribution in [0, 0.1) is 5.82 Å². The maximum absolute atomic E-state index is 14.2. The Morgan fingerprint density at radius 3 is 3.03 bits per heavy atom. The molecular weight excluding hydrogens is 475 g/mol. The van der Waals surface area contributed by atoms with Gasteiger partial charge < -0.3 is 19.9 Å². The predicted octanol–water partition coefficient (Wildman–Crippen LogP) is 4.45. The van der Waals surface area contributed by atoms with Crippen molar-refractivity contribution in [3.8, 4) is 0 Å². The van der Waals surface area contributed by atoms with Gasteiger partial charge in [0.1, 0.15) is 17.7 Å². The van der Waals surface area contributed by atoms with Crippen molar-refractivity contribution in [3.05, 3.63) is 52.7 Å². The minimum atomic E-state index is -1.00. The van der Waals surface area contributed by atoms with E-state index in [1.165, 1.54) is 11.6 Å². The maximum Gasteiger partial charge on any atom is 0.325 e. The largest absolute Gasteiger partial charge is 0.480 e. The molecule has 3 atom stereocenters. The van der Waals surface area contributed by atoms with E-state index in [-0.39, 0.29) is 12.2 Å². The van der Waals surface area contributed by atoms with Crippen LogP contribution >= 0.6 is 0 Å². The van der Waals surface area contributed by atoms with Crippen molar-refractivity contribution < 1.29 is 23.8 Å². The average molecular weight is 513 g/mol. The van der Waals surface area contributed by atoms with Gasteiger partial charge in [0.05, 0.1) is 24.1 Å². The number of aryl methyl sites for hydroxylation is 2. The molecule has 0 unspecified atom stereocenters. The molecule has 8 nitrogen and oxygen atoms in total. The average Bonchev–Trinajstić information content (AvgIpc) is 3.37. The maximum atomic E-state index is 14.2. The van der Waals surface area contributed by atoms with E-state index >= 15 is 0 Å². The van der Waals surface area contributed by atoms with Crippen LogP contribution in [0.4, 0.5) is 10.2 Å². The number of rotatable bonds is 10. The Balaban J connectivity index is 1.13. The van der Waals surface area contributed by atoms with Gasteiger partial charge in [-0.25, -0.2) is 9.37 Å². The fraction of sp³-hybridized carbons (Fsp3) is 0.607. The van der Waals surface area contributed by atoms with Crippen LogP contribution in [-0.4, -0.2) is 64.9 Å². The monoisotopic (exact) mass is 512 g/mol. The summed E-state index contributed by atoms with van der Waals surface area (Å²) in [5.41, 5.74) is 3.35. The van der Waals surface area contributed by atoms with E-state index in [1.54, 1.807) is 0 Å². The third-order valence-corrected chi connectivity index (χ3v) is 7.60. The highest BCUT2D eigenvalue weighted by Crippen LogP contribution is 2.35. The number of ether oxygens (including phenoxy) is 2. The van der Waals surface area contributed by atoms with Crippen molar-refractivity contribution in [1.29, 1.82) is 0 Å². The summed E-state index contributed by atoms with van der Waals surface area (Å²) in [4.78, 5) is 23.3. The minimum Gasteiger partial charge on any atom is -0.480 e. The summed E-state index contributed by atoms with van der Waals surface area (Å²) in [5, 5.41) is 13.5. The van der Waals surface area contributed by atoms with Gasteiger partial charge in [0.25, 0.3) is 0 Å². The van der Waals surface area contributed by atoms with Crippen LogP contribution in [0.25, 0.3) is 0 Å². The van der Waals surface area contributed by atoms with Crippen LogP contribution in [0.3, 0.4) is 0 Å². The number of unbranched alkanes of at least 4 members (excludes halogenated alkanes) is 1. The topological polar surface area (TPSA) is 96.8 Å². The first-order valence-corrected chi connectivity index (χ1v) is 13.7. The SMILES string of the molecule is O=C(O)[C@H](c1cc(F)cnc1[C@H]1CCCCO1)N1CC[C@@H](OCCCCc2ccc3c(n2)NCCC3)C1. The Morgan fingerprint density at radius 2 is 2.19 bits per heavy atom. The van der Waals surface area contributed by atoms with Crippen LogP contribution in [0.1, 0.15) is 79.6 Å². The molecule has 0 spiro atoms. The Bertz CT molecular complexity index is 1080. The molecule has 200 valence electrons. The molecule has 0 aliphatic carbocycles. The number of carbonyl (C=O) groups is 1. The van der Waals surface area contributed by atoms with E-state index in [4.69, 9.17) is 14.5 Å². The van der Waals surface area contributed by atoms with Crippen LogP contribution in [-0.2, 0) is 27.1 Å². The van der Waals surface area contributed by atoms with Gasteiger partial charge in [0.2, 0.25) is 0 Å². The summed E-state index contributed by atoms with van der Waals surface area (Å²) in [6.45, 7) is 3.30. The number of halogens is 1. The number of fused-ring (bicyclic) bond motifs is 1. The smallest absolute Gasteiger partial charge is 0.325 e. The second kappa shape index (κ2) is 12.3. The number of anilines is 1. The number of carboxylic acid groups (broad SMARTS) is 1. The molecule has 2 aromatic rings. The predicted molar refractivity (Wildman–Crippen MR) is 137 cm³/mol. The molecule has 0 aromatic carbocycles. The second-order valence-electron chi connectivity index (χ2n) is 10.3. The number of nitrogens with one attached hydrogen (secondary N) is 1. The first-order valence-electron chi connectivity index (χ1n) is 13.7.